The van der Waals surface area contributed by atoms with Crippen molar-refractivity contribution in [1.82, 2.24) is 26.1 Å². The molecular weight excluding hydrogens is 510 g/mol. The van der Waals surface area contributed by atoms with Gasteiger partial charge in [-0.1, -0.05) is 32.9 Å². The Labute approximate surface area is 235 Å². The van der Waals surface area contributed by atoms with Gasteiger partial charge in [0.25, 0.3) is 5.91 Å². The molecule has 0 spiro atoms. The first-order valence-corrected chi connectivity index (χ1v) is 14.3. The number of nitrogens with zero attached hydrogens (tertiary/aromatic N) is 2. The van der Waals surface area contributed by atoms with Crippen LogP contribution >= 0.6 is 0 Å². The predicted octanol–water partition coefficient (Wildman–Crippen LogP) is 2.95. The first-order chi connectivity index (χ1) is 19.0. The number of hydrazine groups is 1. The van der Waals surface area contributed by atoms with Crippen molar-refractivity contribution in [3.8, 4) is 0 Å². The van der Waals surface area contributed by atoms with Crippen molar-refractivity contribution in [2.75, 3.05) is 6.54 Å². The second kappa shape index (κ2) is 12.8. The van der Waals surface area contributed by atoms with Gasteiger partial charge < -0.3 is 15.4 Å². The molecule has 1 aromatic heterocycles. The molecule has 3 heterocycles. The molecule has 10 heteroatoms. The summed E-state index contributed by atoms with van der Waals surface area (Å²) in [6, 6.07) is 5.64. The lowest BCUT2D eigenvalue weighted by Gasteiger charge is -2.35. The van der Waals surface area contributed by atoms with Crippen LogP contribution in [0.15, 0.2) is 30.5 Å². The zero-order valence-corrected chi connectivity index (χ0v) is 24.0. The van der Waals surface area contributed by atoms with E-state index in [2.05, 4.69) is 21.0 Å². The quantitative estimate of drug-likeness (QED) is 0.465. The number of carbonyl (C=O) groups is 4. The van der Waals surface area contributed by atoms with Gasteiger partial charge in [0.1, 0.15) is 24.2 Å². The van der Waals surface area contributed by atoms with Crippen LogP contribution in [-0.4, -0.2) is 58.4 Å². The topological polar surface area (TPSA) is 130 Å². The summed E-state index contributed by atoms with van der Waals surface area (Å²) in [5.41, 5.74) is 4.79. The molecule has 0 radical (unpaired) electrons. The number of esters is 1. The summed E-state index contributed by atoms with van der Waals surface area (Å²) in [4.78, 5) is 56.9. The Kier molecular flexibility index (Phi) is 9.40. The van der Waals surface area contributed by atoms with Crippen molar-refractivity contribution in [2.45, 2.75) is 91.0 Å². The summed E-state index contributed by atoms with van der Waals surface area (Å²) in [7, 11) is 0. The molecule has 1 fully saturated rings. The molecule has 5 bridgehead atoms. The van der Waals surface area contributed by atoms with Crippen LogP contribution in [0, 0.1) is 11.8 Å². The summed E-state index contributed by atoms with van der Waals surface area (Å²) < 4.78 is 5.81. The third-order valence-electron chi connectivity index (χ3n) is 7.80. The van der Waals surface area contributed by atoms with E-state index in [1.807, 2.05) is 58.2 Å². The van der Waals surface area contributed by atoms with Crippen molar-refractivity contribution < 1.29 is 23.9 Å². The number of hydrogen-bond donors (Lipinski definition) is 3. The van der Waals surface area contributed by atoms with E-state index in [0.29, 0.717) is 32.2 Å². The molecule has 216 valence electrons. The van der Waals surface area contributed by atoms with Gasteiger partial charge in [0.05, 0.1) is 0 Å². The van der Waals surface area contributed by atoms with E-state index in [9.17, 15) is 19.2 Å². The number of hydrogen-bond acceptors (Lipinski definition) is 7. The summed E-state index contributed by atoms with van der Waals surface area (Å²) in [5.74, 6) is -1.87. The van der Waals surface area contributed by atoms with E-state index < -0.39 is 36.1 Å². The van der Waals surface area contributed by atoms with Crippen LogP contribution < -0.4 is 16.1 Å². The Bertz CT molecular complexity index is 1260. The zero-order chi connectivity index (χ0) is 29.0. The first-order valence-electron chi connectivity index (χ1n) is 14.3. The highest BCUT2D eigenvalue weighted by atomic mass is 16.5. The molecule has 1 aromatic carbocycles. The van der Waals surface area contributed by atoms with E-state index in [1.165, 1.54) is 5.01 Å². The number of cyclic esters (lactones) is 1. The minimum Gasteiger partial charge on any atom is -0.457 e. The third-order valence-corrected chi connectivity index (χ3v) is 7.80. The normalized spacial score (nSPS) is 27.6. The van der Waals surface area contributed by atoms with Gasteiger partial charge in [-0.25, -0.2) is 5.43 Å². The fraction of sp³-hybridized carbons (Fsp3) is 0.567. The molecule has 2 aliphatic heterocycles. The lowest BCUT2D eigenvalue weighted by atomic mass is 9.98. The Morgan fingerprint density at radius 1 is 0.950 bits per heavy atom. The maximum Gasteiger partial charge on any atom is 0.325 e. The Morgan fingerprint density at radius 2 is 1.73 bits per heavy atom. The SMILES string of the molecule is CC1CCCc2cc3cc(ccc3cn2)C(C)OC(=O)C2CCCN(N2)C(=O)C(C)NC(=O)C(C(C)C)NC1=O. The number of rotatable bonds is 1. The molecule has 4 rings (SSSR count). The van der Waals surface area contributed by atoms with E-state index >= 15 is 0 Å². The number of ether oxygens (including phenoxy) is 1. The molecule has 3 N–H and O–H groups in total. The van der Waals surface area contributed by atoms with E-state index in [-0.39, 0.29) is 23.7 Å². The highest BCUT2D eigenvalue weighted by Gasteiger charge is 2.34. The molecule has 10 nitrogen and oxygen atoms in total. The molecule has 0 saturated carbocycles. The molecule has 5 atom stereocenters. The first kappa shape index (κ1) is 29.5. The molecule has 0 aliphatic carbocycles. The van der Waals surface area contributed by atoms with Crippen LogP contribution in [0.25, 0.3) is 10.8 Å². The standard InChI is InChI=1S/C30H41N5O5/c1-17(2)26-28(37)32-19(4)29(38)35-13-7-10-25(34-35)30(39)40-20(5)21-11-12-22-16-31-24(15-23(22)14-21)9-6-8-18(3)27(36)33-26/h11-12,14-20,25-26,34H,6-10,13H2,1-5H3,(H,32,37)(H,33,36). The largest absolute Gasteiger partial charge is 0.457 e. The summed E-state index contributed by atoms with van der Waals surface area (Å²) in [6.07, 6.45) is 4.61. The number of carbonyl (C=O) groups excluding carboxylic acids is 4. The number of nitrogens with one attached hydrogen (secondary N) is 3. The van der Waals surface area contributed by atoms with Gasteiger partial charge in [-0.15, -0.1) is 0 Å². The van der Waals surface area contributed by atoms with Gasteiger partial charge in [-0.3, -0.25) is 29.2 Å². The lowest BCUT2D eigenvalue weighted by Crippen LogP contribution is -2.61. The monoisotopic (exact) mass is 551 g/mol. The molecular formula is C30H41N5O5. The van der Waals surface area contributed by atoms with Crippen molar-refractivity contribution in [1.29, 1.82) is 0 Å². The van der Waals surface area contributed by atoms with Crippen molar-refractivity contribution >= 4 is 34.5 Å². The number of aryl methyl sites for hydroxylation is 1. The van der Waals surface area contributed by atoms with Crippen LogP contribution in [0.3, 0.4) is 0 Å². The van der Waals surface area contributed by atoms with Gasteiger partial charge in [-0.05, 0) is 75.0 Å². The number of aromatic nitrogens is 1. The number of amides is 3. The van der Waals surface area contributed by atoms with E-state index in [4.69, 9.17) is 4.74 Å². The summed E-state index contributed by atoms with van der Waals surface area (Å²) in [5, 5.41) is 9.01. The van der Waals surface area contributed by atoms with Gasteiger partial charge in [0, 0.05) is 29.7 Å². The Morgan fingerprint density at radius 3 is 2.48 bits per heavy atom. The minimum absolute atomic E-state index is 0.176. The van der Waals surface area contributed by atoms with E-state index in [1.54, 1.807) is 6.92 Å². The van der Waals surface area contributed by atoms with Gasteiger partial charge in [0.2, 0.25) is 11.8 Å². The van der Waals surface area contributed by atoms with Crippen LogP contribution in [0.5, 0.6) is 0 Å². The minimum atomic E-state index is -0.852. The van der Waals surface area contributed by atoms with Crippen molar-refractivity contribution in [3.63, 3.8) is 0 Å². The van der Waals surface area contributed by atoms with Crippen molar-refractivity contribution in [2.24, 2.45) is 11.8 Å². The molecule has 2 aliphatic rings. The molecule has 5 unspecified atom stereocenters. The van der Waals surface area contributed by atoms with Gasteiger partial charge in [-0.2, -0.15) is 0 Å². The zero-order valence-electron chi connectivity index (χ0n) is 24.0. The highest BCUT2D eigenvalue weighted by molar-refractivity contribution is 5.92. The predicted molar refractivity (Wildman–Crippen MR) is 151 cm³/mol. The van der Waals surface area contributed by atoms with Gasteiger partial charge >= 0.3 is 5.97 Å². The lowest BCUT2D eigenvalue weighted by molar-refractivity contribution is -0.157. The Hall–Kier alpha value is -3.53. The maximum atomic E-state index is 13.2. The second-order valence-electron chi connectivity index (χ2n) is 11.4. The second-order valence-corrected chi connectivity index (χ2v) is 11.4. The maximum absolute atomic E-state index is 13.2. The number of pyridine rings is 1. The fourth-order valence-electron chi connectivity index (χ4n) is 5.18. The summed E-state index contributed by atoms with van der Waals surface area (Å²) in [6.45, 7) is 9.40. The summed E-state index contributed by atoms with van der Waals surface area (Å²) >= 11 is 0. The van der Waals surface area contributed by atoms with Crippen LogP contribution in [0.1, 0.15) is 77.7 Å². The van der Waals surface area contributed by atoms with Crippen LogP contribution in [-0.2, 0) is 30.3 Å². The van der Waals surface area contributed by atoms with Gasteiger partial charge in [0.15, 0.2) is 0 Å². The molecule has 3 amide bonds. The number of fused-ring (bicyclic) bond motifs is 4. The smallest absolute Gasteiger partial charge is 0.325 e. The average Bonchev–Trinajstić information content (AvgIpc) is 2.94. The fourth-order valence-corrected chi connectivity index (χ4v) is 5.18. The number of benzene rings is 1. The Balaban J connectivity index is 1.60. The van der Waals surface area contributed by atoms with Crippen molar-refractivity contribution in [3.05, 3.63) is 41.7 Å². The highest BCUT2D eigenvalue weighted by Crippen LogP contribution is 2.25. The molecule has 40 heavy (non-hydrogen) atoms. The molecule has 1 saturated heterocycles. The van der Waals surface area contributed by atoms with E-state index in [0.717, 1.165) is 28.5 Å². The molecule has 2 aromatic rings. The average molecular weight is 552 g/mol. The van der Waals surface area contributed by atoms with Crippen LogP contribution in [0.2, 0.25) is 0 Å². The third kappa shape index (κ3) is 6.96. The van der Waals surface area contributed by atoms with Crippen LogP contribution in [0.4, 0.5) is 0 Å².